The van der Waals surface area contributed by atoms with Crippen LogP contribution in [0.25, 0.3) is 0 Å². The van der Waals surface area contributed by atoms with Crippen LogP contribution < -0.4 is 0 Å². The topological polar surface area (TPSA) is 94.5 Å². The Hall–Kier alpha value is -0.810. The first-order valence-corrected chi connectivity index (χ1v) is 10.4. The summed E-state index contributed by atoms with van der Waals surface area (Å²) in [6, 6.07) is 0. The molecule has 12 heteroatoms. The van der Waals surface area contributed by atoms with Crippen molar-refractivity contribution in [2.24, 2.45) is 0 Å². The number of allylic oxidation sites excluding steroid dienone is 1. The van der Waals surface area contributed by atoms with Gasteiger partial charge in [0.05, 0.1) is 19.1 Å². The average molecular weight is 413 g/mol. The number of amides is 1. The van der Waals surface area contributed by atoms with Gasteiger partial charge in [-0.25, -0.2) is 8.78 Å². The fourth-order valence-electron chi connectivity index (χ4n) is 2.96. The van der Waals surface area contributed by atoms with Gasteiger partial charge in [-0.05, 0) is 31.7 Å². The number of aliphatic hydroxyl groups excluding tert-OH is 1. The van der Waals surface area contributed by atoms with Crippen molar-refractivity contribution in [1.29, 1.82) is 0 Å². The minimum Gasteiger partial charge on any atom is -0.386 e. The molecule has 3 aliphatic heterocycles. The zero-order chi connectivity index (χ0) is 19.3. The summed E-state index contributed by atoms with van der Waals surface area (Å²) in [5, 5.41) is 10.6. The summed E-state index contributed by atoms with van der Waals surface area (Å²) >= 11 is 5.17. The summed E-state index contributed by atoms with van der Waals surface area (Å²) in [6.45, 7) is -0.672. The number of rotatable bonds is 4. The highest BCUT2D eigenvalue weighted by Crippen LogP contribution is 2.60. The van der Waals surface area contributed by atoms with Gasteiger partial charge >= 0.3 is 6.72 Å². The Labute approximate surface area is 153 Å². The molecule has 146 valence electrons. The van der Waals surface area contributed by atoms with E-state index in [1.807, 2.05) is 0 Å². The van der Waals surface area contributed by atoms with Crippen molar-refractivity contribution in [3.05, 3.63) is 12.3 Å². The number of alkyl halides is 2. The number of ether oxygens (including phenoxy) is 1. The molecule has 2 fully saturated rings. The lowest BCUT2D eigenvalue weighted by Crippen LogP contribution is -2.56. The number of carbonyl (C=O) groups is 2. The highest BCUT2D eigenvalue weighted by Gasteiger charge is 2.67. The van der Waals surface area contributed by atoms with E-state index in [0.717, 1.165) is 17.2 Å². The third-order valence-corrected chi connectivity index (χ3v) is 6.58. The molecule has 0 saturated carbocycles. The third-order valence-electron chi connectivity index (χ3n) is 4.13. The van der Waals surface area contributed by atoms with Gasteiger partial charge in [-0.2, -0.15) is 0 Å². The molecular formula is C14H18F2NO7PS. The fourth-order valence-corrected chi connectivity index (χ4v) is 5.54. The van der Waals surface area contributed by atoms with Gasteiger partial charge in [0.15, 0.2) is 17.6 Å². The van der Waals surface area contributed by atoms with E-state index in [9.17, 15) is 23.5 Å². The van der Waals surface area contributed by atoms with Crippen LogP contribution in [-0.2, 0) is 39.7 Å². The molecule has 3 rings (SSSR count). The van der Waals surface area contributed by atoms with Crippen molar-refractivity contribution in [3.8, 4) is 0 Å². The van der Waals surface area contributed by atoms with Crippen LogP contribution in [0.1, 0.15) is 20.3 Å². The summed E-state index contributed by atoms with van der Waals surface area (Å²) in [7, 11) is 0. The van der Waals surface area contributed by atoms with E-state index < -0.39 is 61.9 Å². The zero-order valence-electron chi connectivity index (χ0n) is 13.9. The molecule has 0 aliphatic carbocycles. The number of hydrogen-bond acceptors (Lipinski definition) is 8. The molecule has 26 heavy (non-hydrogen) atoms. The van der Waals surface area contributed by atoms with Gasteiger partial charge in [-0.1, -0.05) is 0 Å². The minimum absolute atomic E-state index is 0.382. The fraction of sp³-hybridized carbons (Fsp3) is 0.714. The SMILES string of the molecule is CC(C)OP1(=S)OC[C@@]2(C(F)F)O[C@@H](N3C=CC(=O)CC3=O)[C@@H](O)[C@@H]2O1. The van der Waals surface area contributed by atoms with Crippen molar-refractivity contribution in [2.45, 2.75) is 56.8 Å². The monoisotopic (exact) mass is 413 g/mol. The molecule has 0 spiro atoms. The van der Waals surface area contributed by atoms with E-state index in [1.165, 1.54) is 0 Å². The lowest BCUT2D eigenvalue weighted by molar-refractivity contribution is -0.209. The van der Waals surface area contributed by atoms with Crippen LogP contribution in [0, 0.1) is 0 Å². The van der Waals surface area contributed by atoms with Crippen molar-refractivity contribution in [1.82, 2.24) is 4.90 Å². The number of nitrogens with zero attached hydrogens (tertiary/aromatic N) is 1. The molecule has 0 aromatic carbocycles. The number of hydrogen-bond donors (Lipinski definition) is 1. The molecule has 0 aromatic heterocycles. The molecule has 2 saturated heterocycles. The predicted octanol–water partition coefficient (Wildman–Crippen LogP) is 1.09. The van der Waals surface area contributed by atoms with Gasteiger partial charge in [-0.15, -0.1) is 0 Å². The predicted molar refractivity (Wildman–Crippen MR) is 86.6 cm³/mol. The van der Waals surface area contributed by atoms with Crippen molar-refractivity contribution in [2.75, 3.05) is 6.61 Å². The molecule has 3 heterocycles. The maximum atomic E-state index is 13.8. The molecule has 1 amide bonds. The van der Waals surface area contributed by atoms with E-state index in [4.69, 9.17) is 30.1 Å². The second-order valence-corrected chi connectivity index (χ2v) is 9.33. The van der Waals surface area contributed by atoms with Gasteiger partial charge in [0.2, 0.25) is 5.91 Å². The molecule has 0 bridgehead atoms. The number of aliphatic hydroxyl groups is 1. The standard InChI is InChI=1S/C14H18F2NO7PS/c1-7(2)23-25(26)21-6-14(13(15)16)11(24-25)10(20)12(22-14)17-4-3-8(18)5-9(17)19/h3-4,7,10-13,20H,5-6H2,1-2H3/t10-,11-,12+,14+,25?/m0/s1. The second-order valence-electron chi connectivity index (χ2n) is 6.42. The lowest BCUT2D eigenvalue weighted by Gasteiger charge is -2.41. The highest BCUT2D eigenvalue weighted by atomic mass is 32.5. The number of halogens is 2. The Morgan fingerprint density at radius 2 is 2.15 bits per heavy atom. The first-order chi connectivity index (χ1) is 12.1. The largest absolute Gasteiger partial charge is 0.386 e. The molecule has 0 radical (unpaired) electrons. The van der Waals surface area contributed by atoms with Crippen LogP contribution >= 0.6 is 6.72 Å². The van der Waals surface area contributed by atoms with Crippen molar-refractivity contribution < 1.29 is 41.8 Å². The molecule has 1 unspecified atom stereocenters. The van der Waals surface area contributed by atoms with E-state index in [1.54, 1.807) is 13.8 Å². The average Bonchev–Trinajstić information content (AvgIpc) is 2.80. The highest BCUT2D eigenvalue weighted by molar-refractivity contribution is 8.07. The van der Waals surface area contributed by atoms with Crippen molar-refractivity contribution in [3.63, 3.8) is 0 Å². The van der Waals surface area contributed by atoms with Gasteiger partial charge in [-0.3, -0.25) is 19.0 Å². The molecule has 0 aromatic rings. The summed E-state index contributed by atoms with van der Waals surface area (Å²) in [6.07, 6.45) is -6.35. The number of fused-ring (bicyclic) bond motifs is 1. The van der Waals surface area contributed by atoms with E-state index in [0.29, 0.717) is 0 Å². The summed E-state index contributed by atoms with van der Waals surface area (Å²) in [4.78, 5) is 24.3. The lowest BCUT2D eigenvalue weighted by atomic mass is 9.96. The minimum atomic E-state index is -3.37. The van der Waals surface area contributed by atoms with Crippen LogP contribution in [-0.4, -0.2) is 64.9 Å². The van der Waals surface area contributed by atoms with Gasteiger partial charge in [0.25, 0.3) is 6.43 Å². The summed E-state index contributed by atoms with van der Waals surface area (Å²) in [5.41, 5.74) is -2.30. The first kappa shape index (κ1) is 19.9. The van der Waals surface area contributed by atoms with Gasteiger partial charge in [0, 0.05) is 6.20 Å². The Kier molecular flexibility index (Phi) is 5.35. The molecule has 1 N–H and O–H groups in total. The summed E-state index contributed by atoms with van der Waals surface area (Å²) in [5.74, 6) is -1.11. The molecular weight excluding hydrogens is 395 g/mol. The van der Waals surface area contributed by atoms with Gasteiger partial charge in [0.1, 0.15) is 12.2 Å². The Morgan fingerprint density at radius 3 is 2.73 bits per heavy atom. The smallest absolute Gasteiger partial charge is 0.328 e. The van der Waals surface area contributed by atoms with Crippen LogP contribution in [0.4, 0.5) is 8.78 Å². The Balaban J connectivity index is 1.90. The van der Waals surface area contributed by atoms with Crippen LogP contribution in [0.3, 0.4) is 0 Å². The Bertz CT molecular complexity index is 690. The van der Waals surface area contributed by atoms with Crippen LogP contribution in [0.15, 0.2) is 12.3 Å². The quantitative estimate of drug-likeness (QED) is 0.541. The molecule has 3 aliphatic rings. The zero-order valence-corrected chi connectivity index (χ0v) is 15.6. The van der Waals surface area contributed by atoms with Crippen molar-refractivity contribution >= 4 is 30.2 Å². The molecule has 8 nitrogen and oxygen atoms in total. The van der Waals surface area contributed by atoms with Crippen LogP contribution in [0.5, 0.6) is 0 Å². The normalized spacial score (nSPS) is 40.6. The maximum absolute atomic E-state index is 13.8. The van der Waals surface area contributed by atoms with Gasteiger partial charge < -0.3 is 18.9 Å². The third kappa shape index (κ3) is 3.37. The Morgan fingerprint density at radius 1 is 1.46 bits per heavy atom. The van der Waals surface area contributed by atoms with E-state index in [2.05, 4.69) is 0 Å². The molecule has 5 atom stereocenters. The first-order valence-electron chi connectivity index (χ1n) is 7.85. The summed E-state index contributed by atoms with van der Waals surface area (Å²) < 4.78 is 49.2. The van der Waals surface area contributed by atoms with Crippen LogP contribution in [0.2, 0.25) is 0 Å². The maximum Gasteiger partial charge on any atom is 0.328 e. The number of ketones is 1. The van der Waals surface area contributed by atoms with E-state index >= 15 is 0 Å². The number of carbonyl (C=O) groups excluding carboxylic acids is 2. The van der Waals surface area contributed by atoms with E-state index in [-0.39, 0.29) is 6.10 Å². The second kappa shape index (κ2) is 6.97.